The highest BCUT2D eigenvalue weighted by Crippen LogP contribution is 2.22. The molecule has 0 spiro atoms. The van der Waals surface area contributed by atoms with Gasteiger partial charge in [0.05, 0.1) is 0 Å². The van der Waals surface area contributed by atoms with Gasteiger partial charge in [0.15, 0.2) is 0 Å². The van der Waals surface area contributed by atoms with Gasteiger partial charge in [0.25, 0.3) is 0 Å². The van der Waals surface area contributed by atoms with E-state index in [2.05, 4.69) is 18.7 Å². The fourth-order valence-electron chi connectivity index (χ4n) is 2.07. The van der Waals surface area contributed by atoms with Gasteiger partial charge in [-0.2, -0.15) is 11.8 Å². The van der Waals surface area contributed by atoms with Crippen LogP contribution in [0.1, 0.15) is 20.3 Å². The smallest absolute Gasteiger partial charge is 0.00725 e. The first kappa shape index (κ1) is 12.3. The first-order valence-corrected chi connectivity index (χ1v) is 6.93. The average Bonchev–Trinajstić information content (AvgIpc) is 2.21. The fraction of sp³-hybridized carbons (Fsp3) is 1.00. The molecular weight excluding hydrogens is 192 g/mol. The summed E-state index contributed by atoms with van der Waals surface area (Å²) in [5.41, 5.74) is 5.78. The Morgan fingerprint density at radius 3 is 2.93 bits per heavy atom. The number of thioether (sulfide) groups is 1. The Morgan fingerprint density at radius 1 is 1.50 bits per heavy atom. The summed E-state index contributed by atoms with van der Waals surface area (Å²) in [7, 11) is 0. The third kappa shape index (κ3) is 3.79. The maximum atomic E-state index is 5.78. The maximum absolute atomic E-state index is 5.78. The molecule has 0 bridgehead atoms. The SMILES string of the molecule is CCSCCN1CCC(C)C(CN)C1. The first-order chi connectivity index (χ1) is 6.77. The summed E-state index contributed by atoms with van der Waals surface area (Å²) in [6, 6.07) is 0. The number of nitrogens with two attached hydrogens (primary N) is 1. The third-order valence-corrected chi connectivity index (χ3v) is 4.14. The van der Waals surface area contributed by atoms with E-state index in [0.29, 0.717) is 0 Å². The first-order valence-electron chi connectivity index (χ1n) is 5.78. The summed E-state index contributed by atoms with van der Waals surface area (Å²) in [6.07, 6.45) is 1.33. The highest BCUT2D eigenvalue weighted by molar-refractivity contribution is 7.99. The van der Waals surface area contributed by atoms with Crippen LogP contribution in [0.5, 0.6) is 0 Å². The van der Waals surface area contributed by atoms with Crippen LogP contribution in [0.2, 0.25) is 0 Å². The van der Waals surface area contributed by atoms with E-state index in [-0.39, 0.29) is 0 Å². The highest BCUT2D eigenvalue weighted by Gasteiger charge is 2.24. The lowest BCUT2D eigenvalue weighted by molar-refractivity contribution is 0.139. The second kappa shape index (κ2) is 6.70. The summed E-state index contributed by atoms with van der Waals surface area (Å²) in [4.78, 5) is 2.58. The molecule has 1 heterocycles. The molecule has 3 heteroatoms. The van der Waals surface area contributed by atoms with Gasteiger partial charge in [-0.3, -0.25) is 0 Å². The molecule has 0 amide bonds. The van der Waals surface area contributed by atoms with Crippen molar-refractivity contribution in [2.45, 2.75) is 20.3 Å². The Kier molecular flexibility index (Phi) is 5.90. The molecular formula is C11H24N2S. The Hall–Kier alpha value is 0.270. The van der Waals surface area contributed by atoms with Gasteiger partial charge in [-0.05, 0) is 37.1 Å². The van der Waals surface area contributed by atoms with E-state index >= 15 is 0 Å². The van der Waals surface area contributed by atoms with E-state index in [0.717, 1.165) is 18.4 Å². The van der Waals surface area contributed by atoms with Crippen LogP contribution in [-0.4, -0.2) is 42.6 Å². The van der Waals surface area contributed by atoms with Crippen LogP contribution >= 0.6 is 11.8 Å². The number of likely N-dealkylation sites (tertiary alicyclic amines) is 1. The predicted octanol–water partition coefficient (Wildman–Crippen LogP) is 1.66. The quantitative estimate of drug-likeness (QED) is 0.709. The molecule has 1 fully saturated rings. The van der Waals surface area contributed by atoms with Crippen molar-refractivity contribution in [2.24, 2.45) is 17.6 Å². The van der Waals surface area contributed by atoms with E-state index in [1.165, 1.54) is 37.6 Å². The lowest BCUT2D eigenvalue weighted by Gasteiger charge is -2.36. The van der Waals surface area contributed by atoms with Crippen molar-refractivity contribution in [2.75, 3.05) is 37.7 Å². The van der Waals surface area contributed by atoms with Crippen LogP contribution in [0.4, 0.5) is 0 Å². The number of rotatable bonds is 5. The minimum atomic E-state index is 0.732. The summed E-state index contributed by atoms with van der Waals surface area (Å²) >= 11 is 2.04. The molecule has 0 aromatic carbocycles. The molecule has 1 rings (SSSR count). The van der Waals surface area contributed by atoms with Crippen LogP contribution in [0.15, 0.2) is 0 Å². The molecule has 2 nitrogen and oxygen atoms in total. The van der Waals surface area contributed by atoms with Crippen LogP contribution in [0.25, 0.3) is 0 Å². The van der Waals surface area contributed by atoms with Crippen LogP contribution in [-0.2, 0) is 0 Å². The maximum Gasteiger partial charge on any atom is 0.00725 e. The number of hydrogen-bond donors (Lipinski definition) is 1. The molecule has 2 unspecified atom stereocenters. The Labute approximate surface area is 92.6 Å². The predicted molar refractivity (Wildman–Crippen MR) is 65.8 cm³/mol. The second-order valence-electron chi connectivity index (χ2n) is 4.26. The minimum absolute atomic E-state index is 0.732. The topological polar surface area (TPSA) is 29.3 Å². The van der Waals surface area contributed by atoms with Crippen LogP contribution in [0.3, 0.4) is 0 Å². The normalized spacial score (nSPS) is 29.4. The molecule has 84 valence electrons. The zero-order valence-corrected chi connectivity index (χ0v) is 10.4. The van der Waals surface area contributed by atoms with Crippen molar-refractivity contribution in [1.82, 2.24) is 4.90 Å². The van der Waals surface area contributed by atoms with Gasteiger partial charge in [-0.1, -0.05) is 13.8 Å². The van der Waals surface area contributed by atoms with Gasteiger partial charge in [-0.15, -0.1) is 0 Å². The zero-order valence-electron chi connectivity index (χ0n) is 9.54. The largest absolute Gasteiger partial charge is 0.330 e. The molecule has 0 aromatic heterocycles. The summed E-state index contributed by atoms with van der Waals surface area (Å²) in [6.45, 7) is 9.19. The molecule has 0 aromatic rings. The summed E-state index contributed by atoms with van der Waals surface area (Å²) in [5.74, 6) is 4.08. The Bertz CT molecular complexity index is 152. The van der Waals surface area contributed by atoms with Crippen LogP contribution < -0.4 is 5.73 Å². The summed E-state index contributed by atoms with van der Waals surface area (Å²) in [5, 5.41) is 0. The Morgan fingerprint density at radius 2 is 2.29 bits per heavy atom. The minimum Gasteiger partial charge on any atom is -0.330 e. The molecule has 2 atom stereocenters. The highest BCUT2D eigenvalue weighted by atomic mass is 32.2. The van der Waals surface area contributed by atoms with E-state index < -0.39 is 0 Å². The Balaban J connectivity index is 2.21. The van der Waals surface area contributed by atoms with Gasteiger partial charge in [-0.25, -0.2) is 0 Å². The van der Waals surface area contributed by atoms with E-state index in [4.69, 9.17) is 5.73 Å². The molecule has 1 aliphatic heterocycles. The van der Waals surface area contributed by atoms with E-state index in [1.54, 1.807) is 0 Å². The van der Waals surface area contributed by atoms with Gasteiger partial charge < -0.3 is 10.6 Å². The number of nitrogens with zero attached hydrogens (tertiary/aromatic N) is 1. The molecule has 2 N–H and O–H groups in total. The van der Waals surface area contributed by atoms with Crippen molar-refractivity contribution < 1.29 is 0 Å². The van der Waals surface area contributed by atoms with Gasteiger partial charge in [0, 0.05) is 18.8 Å². The molecule has 14 heavy (non-hydrogen) atoms. The second-order valence-corrected chi connectivity index (χ2v) is 5.65. The van der Waals surface area contributed by atoms with Crippen molar-refractivity contribution in [3.05, 3.63) is 0 Å². The molecule has 0 radical (unpaired) electrons. The van der Waals surface area contributed by atoms with Crippen LogP contribution in [0, 0.1) is 11.8 Å². The zero-order chi connectivity index (χ0) is 10.4. The monoisotopic (exact) mass is 216 g/mol. The van der Waals surface area contributed by atoms with Crippen molar-refractivity contribution in [3.8, 4) is 0 Å². The molecule has 0 aliphatic carbocycles. The van der Waals surface area contributed by atoms with Gasteiger partial charge in [0.2, 0.25) is 0 Å². The lowest BCUT2D eigenvalue weighted by atomic mass is 9.87. The van der Waals surface area contributed by atoms with Gasteiger partial charge in [0.1, 0.15) is 0 Å². The number of hydrogen-bond acceptors (Lipinski definition) is 3. The van der Waals surface area contributed by atoms with Crippen molar-refractivity contribution in [1.29, 1.82) is 0 Å². The van der Waals surface area contributed by atoms with E-state index in [9.17, 15) is 0 Å². The molecule has 1 saturated heterocycles. The fourth-order valence-corrected chi connectivity index (χ4v) is 2.75. The average molecular weight is 216 g/mol. The molecule has 1 aliphatic rings. The lowest BCUT2D eigenvalue weighted by Crippen LogP contribution is -2.43. The molecule has 0 saturated carbocycles. The van der Waals surface area contributed by atoms with Crippen molar-refractivity contribution >= 4 is 11.8 Å². The standard InChI is InChI=1S/C11H24N2S/c1-3-14-7-6-13-5-4-10(2)11(8-12)9-13/h10-11H,3-9,12H2,1-2H3. The van der Waals surface area contributed by atoms with E-state index in [1.807, 2.05) is 11.8 Å². The summed E-state index contributed by atoms with van der Waals surface area (Å²) < 4.78 is 0. The third-order valence-electron chi connectivity index (χ3n) is 3.26. The van der Waals surface area contributed by atoms with Gasteiger partial charge >= 0.3 is 0 Å². The number of piperidine rings is 1. The van der Waals surface area contributed by atoms with Crippen molar-refractivity contribution in [3.63, 3.8) is 0 Å².